The van der Waals surface area contributed by atoms with Crippen LogP contribution >= 0.6 is 0 Å². The molecule has 0 aliphatic heterocycles. The second-order valence-electron chi connectivity index (χ2n) is 5.15. The first-order valence-electron chi connectivity index (χ1n) is 5.52. The lowest BCUT2D eigenvalue weighted by Crippen LogP contribution is -2.28. The first kappa shape index (κ1) is 9.87. The van der Waals surface area contributed by atoms with Crippen molar-refractivity contribution in [2.24, 2.45) is 17.3 Å². The third-order valence-electron chi connectivity index (χ3n) is 4.47. The maximum atomic E-state index is 11.1. The molecule has 4 atom stereocenters. The van der Waals surface area contributed by atoms with Gasteiger partial charge in [-0.3, -0.25) is 9.59 Å². The lowest BCUT2D eigenvalue weighted by Gasteiger charge is -2.31. The number of esters is 2. The fraction of sp³-hybridized carbons (Fsp3) is 0.667. The van der Waals surface area contributed by atoms with Crippen LogP contribution in [-0.4, -0.2) is 17.5 Å². The molecule has 0 radical (unpaired) electrons. The van der Waals surface area contributed by atoms with Crippen LogP contribution in [0, 0.1) is 17.3 Å². The van der Waals surface area contributed by atoms with E-state index in [1.165, 1.54) is 13.8 Å². The highest BCUT2D eigenvalue weighted by atomic mass is 16.6. The number of rotatable bonds is 2. The molecule has 0 aromatic rings. The summed E-state index contributed by atoms with van der Waals surface area (Å²) in [4.78, 5) is 22.1. The molecule has 0 amide bonds. The zero-order valence-electron chi connectivity index (χ0n) is 9.57. The topological polar surface area (TPSA) is 52.6 Å². The van der Waals surface area contributed by atoms with E-state index in [-0.39, 0.29) is 23.3 Å². The number of carbonyl (C=O) groups excluding carboxylic acids is 2. The quantitative estimate of drug-likeness (QED) is 0.663. The first-order chi connectivity index (χ1) is 7.42. The number of fused-ring (bicyclic) bond motifs is 1. The van der Waals surface area contributed by atoms with Crippen LogP contribution in [-0.2, 0) is 19.1 Å². The van der Waals surface area contributed by atoms with Gasteiger partial charge in [0.25, 0.3) is 0 Å². The number of hydrogen-bond acceptors (Lipinski definition) is 4. The Labute approximate surface area is 93.6 Å². The highest BCUT2D eigenvalue weighted by Gasteiger charge is 2.89. The van der Waals surface area contributed by atoms with Crippen molar-refractivity contribution in [3.8, 4) is 0 Å². The van der Waals surface area contributed by atoms with Crippen molar-refractivity contribution < 1.29 is 19.1 Å². The highest BCUT2D eigenvalue weighted by molar-refractivity contribution is 5.71. The van der Waals surface area contributed by atoms with Crippen LogP contribution in [0.5, 0.6) is 0 Å². The van der Waals surface area contributed by atoms with Gasteiger partial charge in [0.2, 0.25) is 0 Å². The van der Waals surface area contributed by atoms with E-state index < -0.39 is 5.60 Å². The van der Waals surface area contributed by atoms with E-state index in [1.807, 2.05) is 6.08 Å². The Hall–Kier alpha value is -1.32. The van der Waals surface area contributed by atoms with Gasteiger partial charge < -0.3 is 9.47 Å². The minimum Gasteiger partial charge on any atom is -0.454 e. The summed E-state index contributed by atoms with van der Waals surface area (Å²) in [7, 11) is 0. The smallest absolute Gasteiger partial charge is 0.307 e. The molecule has 4 nitrogen and oxygen atoms in total. The zero-order valence-corrected chi connectivity index (χ0v) is 9.57. The normalized spacial score (nSPS) is 46.3. The molecule has 0 saturated heterocycles. The van der Waals surface area contributed by atoms with Crippen LogP contribution in [0.25, 0.3) is 0 Å². The predicted octanol–water partition coefficient (Wildman–Crippen LogP) is 1.40. The first-order valence-corrected chi connectivity index (χ1v) is 5.52. The molecule has 2 fully saturated rings. The molecule has 0 spiro atoms. The predicted molar refractivity (Wildman–Crippen MR) is 54.1 cm³/mol. The third-order valence-corrected chi connectivity index (χ3v) is 4.47. The number of allylic oxidation sites excluding steroid dienone is 1. The van der Waals surface area contributed by atoms with Crippen molar-refractivity contribution in [1.82, 2.24) is 0 Å². The molecule has 86 valence electrons. The van der Waals surface area contributed by atoms with Crippen molar-refractivity contribution in [3.05, 3.63) is 11.8 Å². The van der Waals surface area contributed by atoms with Crippen LogP contribution < -0.4 is 0 Å². The molecule has 0 heterocycles. The second kappa shape index (κ2) is 2.50. The minimum absolute atomic E-state index is 0.0105. The van der Waals surface area contributed by atoms with Gasteiger partial charge in [0, 0.05) is 31.1 Å². The third kappa shape index (κ3) is 0.829. The van der Waals surface area contributed by atoms with E-state index in [1.54, 1.807) is 0 Å². The van der Waals surface area contributed by atoms with Crippen molar-refractivity contribution in [2.45, 2.75) is 32.8 Å². The van der Waals surface area contributed by atoms with Crippen LogP contribution in [0.2, 0.25) is 0 Å². The summed E-state index contributed by atoms with van der Waals surface area (Å²) in [5, 5.41) is 0. The summed E-state index contributed by atoms with van der Waals surface area (Å²) in [6, 6.07) is 0. The summed E-state index contributed by atoms with van der Waals surface area (Å²) in [5.41, 5.74) is -0.488. The summed E-state index contributed by atoms with van der Waals surface area (Å²) in [6.45, 7) is 4.91. The van der Waals surface area contributed by atoms with Gasteiger partial charge in [0.1, 0.15) is 11.4 Å². The summed E-state index contributed by atoms with van der Waals surface area (Å²) in [6.07, 6.45) is 2.80. The maximum absolute atomic E-state index is 11.1. The van der Waals surface area contributed by atoms with Gasteiger partial charge >= 0.3 is 11.9 Å². The largest absolute Gasteiger partial charge is 0.454 e. The van der Waals surface area contributed by atoms with Crippen molar-refractivity contribution in [2.75, 3.05) is 0 Å². The van der Waals surface area contributed by atoms with Gasteiger partial charge in [-0.15, -0.1) is 0 Å². The summed E-state index contributed by atoms with van der Waals surface area (Å²) in [5.74, 6) is 0.792. The Kier molecular flexibility index (Phi) is 1.54. The van der Waals surface area contributed by atoms with Gasteiger partial charge in [0.15, 0.2) is 0 Å². The average Bonchev–Trinajstić information content (AvgIpc) is 2.38. The van der Waals surface area contributed by atoms with Gasteiger partial charge in [-0.2, -0.15) is 0 Å². The van der Waals surface area contributed by atoms with Gasteiger partial charge in [0.05, 0.1) is 0 Å². The van der Waals surface area contributed by atoms with Gasteiger partial charge in [-0.1, -0.05) is 6.92 Å². The average molecular weight is 222 g/mol. The fourth-order valence-corrected chi connectivity index (χ4v) is 3.68. The molecule has 4 unspecified atom stereocenters. The van der Waals surface area contributed by atoms with E-state index in [0.717, 1.165) is 6.42 Å². The van der Waals surface area contributed by atoms with Crippen LogP contribution in [0.15, 0.2) is 11.8 Å². The molecule has 0 aromatic carbocycles. The van der Waals surface area contributed by atoms with E-state index in [4.69, 9.17) is 9.47 Å². The van der Waals surface area contributed by atoms with E-state index in [2.05, 4.69) is 6.92 Å². The summed E-state index contributed by atoms with van der Waals surface area (Å²) < 4.78 is 10.6. The molecule has 0 aromatic heterocycles. The molecular formula is C12H14O4. The molecular weight excluding hydrogens is 208 g/mol. The molecule has 3 rings (SSSR count). The molecule has 4 heteroatoms. The number of hydrogen-bond donors (Lipinski definition) is 0. The number of ether oxygens (including phenoxy) is 2. The van der Waals surface area contributed by atoms with Crippen molar-refractivity contribution in [3.63, 3.8) is 0 Å². The Balaban J connectivity index is 1.89. The lowest BCUT2D eigenvalue weighted by molar-refractivity contribution is -0.147. The lowest BCUT2D eigenvalue weighted by atomic mass is 9.74. The van der Waals surface area contributed by atoms with Gasteiger partial charge in [-0.05, 0) is 12.5 Å². The maximum Gasteiger partial charge on any atom is 0.307 e. The molecule has 16 heavy (non-hydrogen) atoms. The Bertz CT molecular complexity index is 438. The molecule has 0 bridgehead atoms. The standard InChI is InChI=1S/C12H14O4/c1-6(13)15-9-5-12(16-7(2)14)10-4-8(9)11(10,12)3/h5,8,10H,4H2,1-3H3. The highest BCUT2D eigenvalue weighted by Crippen LogP contribution is 2.84. The monoisotopic (exact) mass is 222 g/mol. The molecule has 2 saturated carbocycles. The van der Waals surface area contributed by atoms with E-state index in [9.17, 15) is 9.59 Å². The van der Waals surface area contributed by atoms with Crippen LogP contribution in [0.1, 0.15) is 27.2 Å². The molecule has 0 N–H and O–H groups in total. The van der Waals surface area contributed by atoms with E-state index >= 15 is 0 Å². The van der Waals surface area contributed by atoms with Crippen LogP contribution in [0.3, 0.4) is 0 Å². The Morgan fingerprint density at radius 3 is 2.62 bits per heavy atom. The molecule has 3 aliphatic carbocycles. The number of carbonyl (C=O) groups is 2. The van der Waals surface area contributed by atoms with Crippen molar-refractivity contribution >= 4 is 11.9 Å². The van der Waals surface area contributed by atoms with Crippen molar-refractivity contribution in [1.29, 1.82) is 0 Å². The second-order valence-corrected chi connectivity index (χ2v) is 5.15. The molecule has 3 aliphatic rings. The van der Waals surface area contributed by atoms with E-state index in [0.29, 0.717) is 11.7 Å². The zero-order chi connectivity index (χ0) is 11.7. The minimum atomic E-state index is -0.478. The Morgan fingerprint density at radius 2 is 2.06 bits per heavy atom. The fourth-order valence-electron chi connectivity index (χ4n) is 3.68. The Morgan fingerprint density at radius 1 is 1.38 bits per heavy atom. The SMILES string of the molecule is CC(=O)OC1=CC2(OC(C)=O)C3CC1C32C. The summed E-state index contributed by atoms with van der Waals surface area (Å²) >= 11 is 0. The van der Waals surface area contributed by atoms with Crippen LogP contribution in [0.4, 0.5) is 0 Å². The van der Waals surface area contributed by atoms with Gasteiger partial charge in [-0.25, -0.2) is 0 Å².